The summed E-state index contributed by atoms with van der Waals surface area (Å²) >= 11 is 8.38. The average Bonchev–Trinajstić information content (AvgIpc) is 2.35. The van der Waals surface area contributed by atoms with Crippen molar-refractivity contribution in [1.29, 1.82) is 0 Å². The van der Waals surface area contributed by atoms with Crippen molar-refractivity contribution in [3.8, 4) is 0 Å². The van der Waals surface area contributed by atoms with Crippen LogP contribution in [0, 0.1) is 11.8 Å². The Balaban J connectivity index is 1.74. The molecule has 0 saturated heterocycles. The SMILES string of the molecule is CC1CCC(Cl)C(CCSc2ccccc2)C1. The number of alkyl halides is 1. The molecule has 1 aromatic carbocycles. The Hall–Kier alpha value is -0.140. The van der Waals surface area contributed by atoms with E-state index in [1.165, 1.54) is 36.3 Å². The van der Waals surface area contributed by atoms with Gasteiger partial charge in [-0.3, -0.25) is 0 Å². The lowest BCUT2D eigenvalue weighted by molar-refractivity contribution is 0.284. The first-order chi connectivity index (χ1) is 8.25. The van der Waals surface area contributed by atoms with Gasteiger partial charge in [-0.1, -0.05) is 25.1 Å². The molecule has 3 unspecified atom stereocenters. The monoisotopic (exact) mass is 268 g/mol. The summed E-state index contributed by atoms with van der Waals surface area (Å²) in [5.41, 5.74) is 0. The van der Waals surface area contributed by atoms with Crippen molar-refractivity contribution < 1.29 is 0 Å². The van der Waals surface area contributed by atoms with Crippen molar-refractivity contribution in [3.63, 3.8) is 0 Å². The third-order valence-electron chi connectivity index (χ3n) is 3.65. The Labute approximate surface area is 114 Å². The minimum absolute atomic E-state index is 0.419. The Morgan fingerprint density at radius 3 is 2.76 bits per heavy atom. The lowest BCUT2D eigenvalue weighted by Gasteiger charge is -2.31. The molecule has 3 atom stereocenters. The van der Waals surface area contributed by atoms with Gasteiger partial charge in [0.05, 0.1) is 0 Å². The summed E-state index contributed by atoms with van der Waals surface area (Å²) < 4.78 is 0. The molecule has 1 aliphatic carbocycles. The van der Waals surface area contributed by atoms with Crippen molar-refractivity contribution in [2.45, 2.75) is 42.9 Å². The zero-order chi connectivity index (χ0) is 12.1. The van der Waals surface area contributed by atoms with Gasteiger partial charge in [0.15, 0.2) is 0 Å². The summed E-state index contributed by atoms with van der Waals surface area (Å²) in [4.78, 5) is 1.38. The molecule has 0 aliphatic heterocycles. The van der Waals surface area contributed by atoms with Crippen LogP contribution < -0.4 is 0 Å². The van der Waals surface area contributed by atoms with Gasteiger partial charge in [-0.15, -0.1) is 23.4 Å². The number of benzene rings is 1. The molecule has 0 heterocycles. The van der Waals surface area contributed by atoms with Crippen LogP contribution >= 0.6 is 23.4 Å². The molecule has 1 aromatic rings. The fourth-order valence-electron chi connectivity index (χ4n) is 2.61. The van der Waals surface area contributed by atoms with Crippen molar-refractivity contribution in [2.75, 3.05) is 5.75 Å². The van der Waals surface area contributed by atoms with E-state index in [0.717, 1.165) is 11.8 Å². The molecule has 0 bridgehead atoms. The number of halogens is 1. The van der Waals surface area contributed by atoms with E-state index in [9.17, 15) is 0 Å². The third-order valence-corrected chi connectivity index (χ3v) is 5.27. The quantitative estimate of drug-likeness (QED) is 0.533. The molecular formula is C15H21ClS. The first kappa shape index (κ1) is 13.3. The maximum absolute atomic E-state index is 6.42. The van der Waals surface area contributed by atoms with Crippen molar-refractivity contribution in [1.82, 2.24) is 0 Å². The van der Waals surface area contributed by atoms with E-state index in [4.69, 9.17) is 11.6 Å². The van der Waals surface area contributed by atoms with E-state index in [1.807, 2.05) is 11.8 Å². The smallest absolute Gasteiger partial charge is 0.0364 e. The number of thioether (sulfide) groups is 1. The summed E-state index contributed by atoms with van der Waals surface area (Å²) in [6.07, 6.45) is 5.11. The molecule has 0 spiro atoms. The van der Waals surface area contributed by atoms with Crippen LogP contribution in [-0.4, -0.2) is 11.1 Å². The highest BCUT2D eigenvalue weighted by Gasteiger charge is 2.26. The van der Waals surface area contributed by atoms with Crippen molar-refractivity contribution in [3.05, 3.63) is 30.3 Å². The van der Waals surface area contributed by atoms with Crippen LogP contribution in [-0.2, 0) is 0 Å². The second-order valence-corrected chi connectivity index (χ2v) is 6.87. The first-order valence-corrected chi connectivity index (χ1v) is 8.00. The zero-order valence-electron chi connectivity index (χ0n) is 10.4. The maximum Gasteiger partial charge on any atom is 0.0364 e. The van der Waals surface area contributed by atoms with Crippen molar-refractivity contribution >= 4 is 23.4 Å². The van der Waals surface area contributed by atoms with E-state index in [1.54, 1.807) is 0 Å². The van der Waals surface area contributed by atoms with Gasteiger partial charge in [-0.25, -0.2) is 0 Å². The van der Waals surface area contributed by atoms with Crippen LogP contribution in [0.15, 0.2) is 35.2 Å². The molecule has 2 rings (SSSR count). The standard InChI is InChI=1S/C15H21ClS/c1-12-7-8-15(16)13(11-12)9-10-17-14-5-3-2-4-6-14/h2-6,12-13,15H,7-11H2,1H3. The summed E-state index contributed by atoms with van der Waals surface area (Å²) in [5.74, 6) is 2.80. The molecule has 0 nitrogen and oxygen atoms in total. The topological polar surface area (TPSA) is 0 Å². The molecule has 1 fully saturated rings. The molecular weight excluding hydrogens is 248 g/mol. The van der Waals surface area contributed by atoms with Crippen LogP contribution in [0.3, 0.4) is 0 Å². The Bertz CT molecular complexity index is 325. The fourth-order valence-corrected chi connectivity index (χ4v) is 3.97. The molecule has 94 valence electrons. The van der Waals surface area contributed by atoms with E-state index >= 15 is 0 Å². The van der Waals surface area contributed by atoms with Crippen LogP contribution in [0.2, 0.25) is 0 Å². The Morgan fingerprint density at radius 1 is 1.24 bits per heavy atom. The summed E-state index contributed by atoms with van der Waals surface area (Å²) in [7, 11) is 0. The molecule has 0 radical (unpaired) electrons. The highest BCUT2D eigenvalue weighted by Crippen LogP contribution is 2.35. The van der Waals surface area contributed by atoms with E-state index in [-0.39, 0.29) is 0 Å². The fraction of sp³-hybridized carbons (Fsp3) is 0.600. The predicted octanol–water partition coefficient (Wildman–Crippen LogP) is 5.21. The largest absolute Gasteiger partial charge is 0.126 e. The van der Waals surface area contributed by atoms with E-state index in [2.05, 4.69) is 37.3 Å². The van der Waals surface area contributed by atoms with Gasteiger partial charge < -0.3 is 0 Å². The summed E-state index contributed by atoms with van der Waals surface area (Å²) in [5, 5.41) is 0.419. The van der Waals surface area contributed by atoms with Gasteiger partial charge >= 0.3 is 0 Å². The maximum atomic E-state index is 6.42. The number of hydrogen-bond donors (Lipinski definition) is 0. The normalized spacial score (nSPS) is 29.2. The Kier molecular flexibility index (Phi) is 5.24. The zero-order valence-corrected chi connectivity index (χ0v) is 12.0. The average molecular weight is 269 g/mol. The molecule has 17 heavy (non-hydrogen) atoms. The number of hydrogen-bond acceptors (Lipinski definition) is 1. The van der Waals surface area contributed by atoms with Gasteiger partial charge in [-0.2, -0.15) is 0 Å². The predicted molar refractivity (Wildman–Crippen MR) is 77.9 cm³/mol. The molecule has 0 N–H and O–H groups in total. The van der Waals surface area contributed by atoms with Crippen LogP contribution in [0.5, 0.6) is 0 Å². The highest BCUT2D eigenvalue weighted by molar-refractivity contribution is 7.99. The molecule has 1 saturated carbocycles. The minimum atomic E-state index is 0.419. The summed E-state index contributed by atoms with van der Waals surface area (Å²) in [6, 6.07) is 10.7. The van der Waals surface area contributed by atoms with Crippen LogP contribution in [0.1, 0.15) is 32.6 Å². The molecule has 2 heteroatoms. The summed E-state index contributed by atoms with van der Waals surface area (Å²) in [6.45, 7) is 2.36. The highest BCUT2D eigenvalue weighted by atomic mass is 35.5. The van der Waals surface area contributed by atoms with E-state index in [0.29, 0.717) is 5.38 Å². The van der Waals surface area contributed by atoms with E-state index < -0.39 is 0 Å². The molecule has 1 aliphatic rings. The second kappa shape index (κ2) is 6.70. The van der Waals surface area contributed by atoms with Gasteiger partial charge in [0.25, 0.3) is 0 Å². The third kappa shape index (κ3) is 4.22. The number of rotatable bonds is 4. The van der Waals surface area contributed by atoms with Gasteiger partial charge in [0.1, 0.15) is 0 Å². The Morgan fingerprint density at radius 2 is 2.00 bits per heavy atom. The second-order valence-electron chi connectivity index (χ2n) is 5.14. The first-order valence-electron chi connectivity index (χ1n) is 6.57. The van der Waals surface area contributed by atoms with Gasteiger partial charge in [0.2, 0.25) is 0 Å². The minimum Gasteiger partial charge on any atom is -0.126 e. The van der Waals surface area contributed by atoms with Crippen molar-refractivity contribution in [2.24, 2.45) is 11.8 Å². The lowest BCUT2D eigenvalue weighted by atomic mass is 9.81. The molecule has 0 aromatic heterocycles. The van der Waals surface area contributed by atoms with Gasteiger partial charge in [-0.05, 0) is 55.4 Å². The lowest BCUT2D eigenvalue weighted by Crippen LogP contribution is -2.24. The van der Waals surface area contributed by atoms with Crippen LogP contribution in [0.4, 0.5) is 0 Å². The van der Waals surface area contributed by atoms with Gasteiger partial charge in [0, 0.05) is 10.3 Å². The van der Waals surface area contributed by atoms with Crippen LogP contribution in [0.25, 0.3) is 0 Å². The molecule has 0 amide bonds.